The molecule has 2 N–H and O–H groups in total. The summed E-state index contributed by atoms with van der Waals surface area (Å²) < 4.78 is 0. The zero-order valence-corrected chi connectivity index (χ0v) is 17.3. The average Bonchev–Trinajstić information content (AvgIpc) is 3.18. The molecular weight excluding hydrogens is 354 g/mol. The van der Waals surface area contributed by atoms with Crippen molar-refractivity contribution in [2.45, 2.75) is 65.3 Å². The first kappa shape index (κ1) is 21.9. The van der Waals surface area contributed by atoms with Crippen molar-refractivity contribution < 1.29 is 14.4 Å². The number of nitrogens with one attached hydrogen (secondary N) is 2. The molecule has 1 aromatic rings. The zero-order chi connectivity index (χ0) is 20.5. The molecule has 0 heterocycles. The molecule has 0 aromatic heterocycles. The number of amides is 3. The second-order valence-corrected chi connectivity index (χ2v) is 8.00. The Balaban J connectivity index is 1.75. The van der Waals surface area contributed by atoms with Crippen LogP contribution in [0.5, 0.6) is 0 Å². The first-order valence-corrected chi connectivity index (χ1v) is 10.3. The Bertz CT molecular complexity index is 664. The van der Waals surface area contributed by atoms with Crippen LogP contribution in [0.1, 0.15) is 57.9 Å². The lowest BCUT2D eigenvalue weighted by Gasteiger charge is -2.26. The van der Waals surface area contributed by atoms with Gasteiger partial charge in [0.15, 0.2) is 0 Å². The van der Waals surface area contributed by atoms with E-state index in [9.17, 15) is 14.4 Å². The maximum atomic E-state index is 12.6. The minimum absolute atomic E-state index is 0.0149. The van der Waals surface area contributed by atoms with Gasteiger partial charge >= 0.3 is 0 Å². The second kappa shape index (κ2) is 10.8. The first-order valence-electron chi connectivity index (χ1n) is 10.3. The van der Waals surface area contributed by atoms with Gasteiger partial charge in [-0.3, -0.25) is 14.4 Å². The van der Waals surface area contributed by atoms with Gasteiger partial charge in [-0.1, -0.05) is 43.4 Å². The van der Waals surface area contributed by atoms with Gasteiger partial charge in [-0.15, -0.1) is 0 Å². The van der Waals surface area contributed by atoms with Crippen LogP contribution in [0.2, 0.25) is 0 Å². The van der Waals surface area contributed by atoms with Gasteiger partial charge in [-0.25, -0.2) is 0 Å². The number of carbonyl (C=O) groups is 3. The van der Waals surface area contributed by atoms with Crippen molar-refractivity contribution in [2.24, 2.45) is 5.92 Å². The Morgan fingerprint density at radius 2 is 1.71 bits per heavy atom. The molecule has 0 spiro atoms. The van der Waals surface area contributed by atoms with Gasteiger partial charge in [0.2, 0.25) is 17.7 Å². The molecule has 6 nitrogen and oxygen atoms in total. The van der Waals surface area contributed by atoms with Crippen molar-refractivity contribution in [1.82, 2.24) is 10.2 Å². The minimum atomic E-state index is -0.318. The predicted octanol–water partition coefficient (Wildman–Crippen LogP) is 3.26. The van der Waals surface area contributed by atoms with E-state index >= 15 is 0 Å². The highest BCUT2D eigenvalue weighted by Gasteiger charge is 2.22. The summed E-state index contributed by atoms with van der Waals surface area (Å²) in [5, 5.41) is 5.35. The van der Waals surface area contributed by atoms with Gasteiger partial charge in [-0.2, -0.15) is 0 Å². The predicted molar refractivity (Wildman–Crippen MR) is 111 cm³/mol. The topological polar surface area (TPSA) is 78.5 Å². The van der Waals surface area contributed by atoms with Gasteiger partial charge in [0, 0.05) is 18.2 Å². The van der Waals surface area contributed by atoms with E-state index in [2.05, 4.69) is 10.6 Å². The molecule has 0 unspecified atom stereocenters. The summed E-state index contributed by atoms with van der Waals surface area (Å²) in [5.74, 6) is 0.0567. The maximum absolute atomic E-state index is 12.6. The van der Waals surface area contributed by atoms with E-state index in [-0.39, 0.29) is 36.9 Å². The van der Waals surface area contributed by atoms with Crippen LogP contribution in [0, 0.1) is 12.8 Å². The Morgan fingerprint density at radius 3 is 2.32 bits per heavy atom. The van der Waals surface area contributed by atoms with Crippen LogP contribution in [-0.4, -0.2) is 41.8 Å². The summed E-state index contributed by atoms with van der Waals surface area (Å²) in [7, 11) is 0. The number of nitrogens with zero attached hydrogens (tertiary/aromatic N) is 1. The van der Waals surface area contributed by atoms with E-state index in [0.717, 1.165) is 12.0 Å². The molecule has 1 aliphatic rings. The molecule has 0 aliphatic heterocycles. The molecule has 6 heteroatoms. The number of hydrogen-bond donors (Lipinski definition) is 2. The molecule has 3 amide bonds. The molecular formula is C22H33N3O3. The highest BCUT2D eigenvalue weighted by Crippen LogP contribution is 2.28. The largest absolute Gasteiger partial charge is 0.345 e. The highest BCUT2D eigenvalue weighted by atomic mass is 16.2. The number of benzene rings is 1. The van der Waals surface area contributed by atoms with E-state index in [0.29, 0.717) is 18.0 Å². The lowest BCUT2D eigenvalue weighted by Crippen LogP contribution is -2.45. The van der Waals surface area contributed by atoms with Gasteiger partial charge < -0.3 is 15.5 Å². The third-order valence-corrected chi connectivity index (χ3v) is 5.28. The van der Waals surface area contributed by atoms with Crippen molar-refractivity contribution in [3.05, 3.63) is 29.8 Å². The van der Waals surface area contributed by atoms with Crippen molar-refractivity contribution in [2.75, 3.05) is 18.4 Å². The molecule has 2 rings (SSSR count). The van der Waals surface area contributed by atoms with E-state index in [1.807, 2.05) is 45.0 Å². The van der Waals surface area contributed by atoms with Crippen molar-refractivity contribution in [3.8, 4) is 0 Å². The van der Waals surface area contributed by atoms with Crippen LogP contribution < -0.4 is 10.6 Å². The Kier molecular flexibility index (Phi) is 8.48. The van der Waals surface area contributed by atoms with E-state index in [1.165, 1.54) is 25.7 Å². The zero-order valence-electron chi connectivity index (χ0n) is 17.3. The average molecular weight is 388 g/mol. The highest BCUT2D eigenvalue weighted by molar-refractivity contribution is 5.95. The molecule has 1 saturated carbocycles. The van der Waals surface area contributed by atoms with Crippen molar-refractivity contribution >= 4 is 23.4 Å². The van der Waals surface area contributed by atoms with Gasteiger partial charge in [0.25, 0.3) is 0 Å². The van der Waals surface area contributed by atoms with Gasteiger partial charge in [0.05, 0.1) is 13.1 Å². The molecule has 1 aliphatic carbocycles. The van der Waals surface area contributed by atoms with Crippen LogP contribution in [-0.2, 0) is 14.4 Å². The summed E-state index contributed by atoms with van der Waals surface area (Å²) in [6.07, 6.45) is 6.35. The number of rotatable bonds is 9. The third kappa shape index (κ3) is 7.33. The maximum Gasteiger partial charge on any atom is 0.243 e. The monoisotopic (exact) mass is 387 g/mol. The van der Waals surface area contributed by atoms with Gasteiger partial charge in [-0.05, 0) is 45.2 Å². The van der Waals surface area contributed by atoms with Crippen molar-refractivity contribution in [1.29, 1.82) is 0 Å². The summed E-state index contributed by atoms with van der Waals surface area (Å²) in [6, 6.07) is 7.40. The molecule has 28 heavy (non-hydrogen) atoms. The number of anilines is 1. The SMILES string of the molecule is Cc1ccc(NC(=O)CNC(=O)CN(C(=O)CCC2CCCC2)C(C)C)cc1. The van der Waals surface area contributed by atoms with Crippen LogP contribution in [0.15, 0.2) is 24.3 Å². The standard InChI is InChI=1S/C22H33N3O3/c1-16(2)25(22(28)13-10-18-6-4-5-7-18)15-21(27)23-14-20(26)24-19-11-8-17(3)9-12-19/h8-9,11-12,16,18H,4-7,10,13-15H2,1-3H3,(H,23,27)(H,24,26). The molecule has 0 saturated heterocycles. The summed E-state index contributed by atoms with van der Waals surface area (Å²) in [4.78, 5) is 38.4. The first-order chi connectivity index (χ1) is 13.3. The number of carbonyl (C=O) groups excluding carboxylic acids is 3. The molecule has 0 radical (unpaired) electrons. The van der Waals surface area contributed by atoms with Crippen LogP contribution in [0.4, 0.5) is 5.69 Å². The van der Waals surface area contributed by atoms with Crippen molar-refractivity contribution in [3.63, 3.8) is 0 Å². The van der Waals surface area contributed by atoms with E-state index in [4.69, 9.17) is 0 Å². The fourth-order valence-corrected chi connectivity index (χ4v) is 3.56. The smallest absolute Gasteiger partial charge is 0.243 e. The third-order valence-electron chi connectivity index (χ3n) is 5.28. The molecule has 1 aromatic carbocycles. The molecule has 0 atom stereocenters. The van der Waals surface area contributed by atoms with Crippen LogP contribution in [0.25, 0.3) is 0 Å². The summed E-state index contributed by atoms with van der Waals surface area (Å²) in [5.41, 5.74) is 1.80. The molecule has 0 bridgehead atoms. The number of aryl methyl sites for hydroxylation is 1. The quantitative estimate of drug-likeness (QED) is 0.683. The lowest BCUT2D eigenvalue weighted by atomic mass is 10.0. The molecule has 1 fully saturated rings. The number of hydrogen-bond acceptors (Lipinski definition) is 3. The van der Waals surface area contributed by atoms with E-state index in [1.54, 1.807) is 4.90 Å². The van der Waals surface area contributed by atoms with Crippen LogP contribution >= 0.6 is 0 Å². The van der Waals surface area contributed by atoms with Gasteiger partial charge in [0.1, 0.15) is 0 Å². The van der Waals surface area contributed by atoms with E-state index < -0.39 is 0 Å². The summed E-state index contributed by atoms with van der Waals surface area (Å²) >= 11 is 0. The fraction of sp³-hybridized carbons (Fsp3) is 0.591. The summed E-state index contributed by atoms with van der Waals surface area (Å²) in [6.45, 7) is 5.66. The normalized spacial score (nSPS) is 14.1. The fourth-order valence-electron chi connectivity index (χ4n) is 3.56. The lowest BCUT2D eigenvalue weighted by molar-refractivity contribution is -0.138. The van der Waals surface area contributed by atoms with Crippen LogP contribution in [0.3, 0.4) is 0 Å². The molecule has 154 valence electrons. The Hall–Kier alpha value is -2.37. The second-order valence-electron chi connectivity index (χ2n) is 8.00. The Morgan fingerprint density at radius 1 is 1.07 bits per heavy atom. The minimum Gasteiger partial charge on any atom is -0.345 e. The Labute approximate surface area is 168 Å².